The molecule has 2 aromatic heterocycles. The van der Waals surface area contributed by atoms with E-state index in [0.29, 0.717) is 5.82 Å². The van der Waals surface area contributed by atoms with Crippen LogP contribution in [0.4, 0.5) is 0 Å². The summed E-state index contributed by atoms with van der Waals surface area (Å²) in [5, 5.41) is 10.4. The first-order valence-electron chi connectivity index (χ1n) is 21.1. The number of aromatic nitrogens is 3. The molecule has 1 unspecified atom stereocenters. The van der Waals surface area contributed by atoms with Gasteiger partial charge in [-0.15, -0.1) is 0 Å². The van der Waals surface area contributed by atoms with Gasteiger partial charge in [-0.2, -0.15) is 0 Å². The van der Waals surface area contributed by atoms with Crippen molar-refractivity contribution in [2.75, 3.05) is 0 Å². The predicted octanol–water partition coefficient (Wildman–Crippen LogP) is 14.3. The number of pyridine rings is 1. The molecule has 6 heteroatoms. The molecule has 0 aliphatic heterocycles. The van der Waals surface area contributed by atoms with Crippen LogP contribution in [0.3, 0.4) is 0 Å². The van der Waals surface area contributed by atoms with Gasteiger partial charge in [-0.25, -0.2) is 19.3 Å². The molecule has 0 amide bonds. The molecule has 0 bridgehead atoms. The van der Waals surface area contributed by atoms with Gasteiger partial charge in [0.2, 0.25) is 0 Å². The summed E-state index contributed by atoms with van der Waals surface area (Å²) >= 11 is 4.21. The number of nitrogens with two attached hydrogens (primary N) is 1. The molecule has 0 fully saturated rings. The van der Waals surface area contributed by atoms with Crippen LogP contribution in [0.5, 0.6) is 0 Å². The van der Waals surface area contributed by atoms with E-state index in [1.54, 1.807) is 0 Å². The minimum atomic E-state index is -0.404. The number of rotatable bonds is 5. The fourth-order valence-electron chi connectivity index (χ4n) is 9.53. The molecule has 63 heavy (non-hydrogen) atoms. The summed E-state index contributed by atoms with van der Waals surface area (Å²) in [5.41, 5.74) is 19.3. The minimum Gasteiger partial charge on any atom is -0.319 e. The van der Waals surface area contributed by atoms with E-state index >= 15 is 0 Å². The summed E-state index contributed by atoms with van der Waals surface area (Å²) in [7, 11) is 0. The van der Waals surface area contributed by atoms with Gasteiger partial charge in [0.15, 0.2) is 5.82 Å². The first-order chi connectivity index (χ1) is 31.1. The summed E-state index contributed by atoms with van der Waals surface area (Å²) in [6.07, 6.45) is 4.00. The van der Waals surface area contributed by atoms with E-state index in [0.717, 1.165) is 94.4 Å². The van der Waals surface area contributed by atoms with Gasteiger partial charge in [-0.05, 0) is 109 Å². The Kier molecular flexibility index (Phi) is 8.81. The molecule has 1 aliphatic carbocycles. The zero-order chi connectivity index (χ0) is 42.0. The number of fused-ring (bicyclic) bond motifs is 9. The molecular weight excluding hydrogens is 787 g/mol. The molecule has 1 aliphatic rings. The van der Waals surface area contributed by atoms with Crippen molar-refractivity contribution in [2.24, 2.45) is 10.1 Å². The van der Waals surface area contributed by atoms with E-state index < -0.39 is 6.04 Å². The number of hydrogen-bond acceptors (Lipinski definition) is 6. The van der Waals surface area contributed by atoms with Gasteiger partial charge >= 0.3 is 0 Å². The van der Waals surface area contributed by atoms with Crippen LogP contribution in [0.15, 0.2) is 199 Å². The smallest absolute Gasteiger partial charge is 0.161 e. The Hall–Kier alpha value is -7.77. The second kappa shape index (κ2) is 15.0. The maximum Gasteiger partial charge on any atom is 0.161 e. The van der Waals surface area contributed by atoms with E-state index in [1.165, 1.54) is 26.9 Å². The Morgan fingerprint density at radius 1 is 0.429 bits per heavy atom. The quantitative estimate of drug-likeness (QED) is 0.134. The fraction of sp³-hybridized carbons (Fsp3) is 0.0175. The normalized spacial score (nSPS) is 14.3. The number of benzene rings is 9. The predicted molar refractivity (Wildman–Crippen MR) is 267 cm³/mol. The van der Waals surface area contributed by atoms with Crippen LogP contribution in [0.2, 0.25) is 0 Å². The Bertz CT molecular complexity index is 3580. The highest BCUT2D eigenvalue weighted by Crippen LogP contribution is 2.41. The SMILES string of the molecule is NC1C(=NS)C=Cc2c(-c3ccc(-c4cccc(-c5cc(-c6cc7ccccc7c7ccccc67)nc(-c6cc7ccccc7c7ccccc67)n5)c4)cc3)nc3ccccc3c21. The maximum absolute atomic E-state index is 6.79. The summed E-state index contributed by atoms with van der Waals surface area (Å²) in [5.74, 6) is 0.684. The number of nitrogens with zero attached hydrogens (tertiary/aromatic N) is 4. The summed E-state index contributed by atoms with van der Waals surface area (Å²) < 4.78 is 4.17. The molecule has 2 N–H and O–H groups in total. The molecule has 12 rings (SSSR count). The second-order valence-corrected chi connectivity index (χ2v) is 16.3. The largest absolute Gasteiger partial charge is 0.319 e. The Morgan fingerprint density at radius 2 is 0.984 bits per heavy atom. The van der Waals surface area contributed by atoms with E-state index in [-0.39, 0.29) is 0 Å². The molecule has 5 nitrogen and oxygen atoms in total. The molecule has 2 heterocycles. The fourth-order valence-corrected chi connectivity index (χ4v) is 9.72. The van der Waals surface area contributed by atoms with Crippen molar-refractivity contribution in [3.63, 3.8) is 0 Å². The third kappa shape index (κ3) is 6.22. The lowest BCUT2D eigenvalue weighted by Crippen LogP contribution is -2.24. The first-order valence-corrected chi connectivity index (χ1v) is 21.5. The number of para-hydroxylation sites is 1. The lowest BCUT2D eigenvalue weighted by atomic mass is 9.86. The van der Waals surface area contributed by atoms with Crippen molar-refractivity contribution in [3.8, 4) is 56.3 Å². The van der Waals surface area contributed by atoms with E-state index in [9.17, 15) is 0 Å². The van der Waals surface area contributed by atoms with Gasteiger partial charge in [0.1, 0.15) is 0 Å². The van der Waals surface area contributed by atoms with Gasteiger partial charge in [-0.1, -0.05) is 164 Å². The Balaban J connectivity index is 1.01. The summed E-state index contributed by atoms with van der Waals surface area (Å²) in [6, 6.07) is 66.1. The van der Waals surface area contributed by atoms with Crippen molar-refractivity contribution in [1.29, 1.82) is 0 Å². The second-order valence-electron chi connectivity index (χ2n) is 16.1. The van der Waals surface area contributed by atoms with Crippen LogP contribution in [0.1, 0.15) is 17.2 Å². The van der Waals surface area contributed by atoms with Gasteiger partial charge in [0.25, 0.3) is 0 Å². The van der Waals surface area contributed by atoms with Gasteiger partial charge in [-0.3, -0.25) is 0 Å². The van der Waals surface area contributed by atoms with Crippen molar-refractivity contribution in [2.45, 2.75) is 6.04 Å². The highest BCUT2D eigenvalue weighted by molar-refractivity contribution is 7.79. The van der Waals surface area contributed by atoms with E-state index in [2.05, 4.69) is 193 Å². The van der Waals surface area contributed by atoms with Crippen LogP contribution in [0.25, 0.3) is 116 Å². The van der Waals surface area contributed by atoms with E-state index in [4.69, 9.17) is 20.7 Å². The van der Waals surface area contributed by atoms with Crippen molar-refractivity contribution >= 4 is 78.6 Å². The van der Waals surface area contributed by atoms with Crippen LogP contribution in [0, 0.1) is 0 Å². The molecular formula is C57H37N5S. The highest BCUT2D eigenvalue weighted by Gasteiger charge is 2.25. The van der Waals surface area contributed by atoms with Gasteiger partial charge in [0, 0.05) is 33.2 Å². The van der Waals surface area contributed by atoms with Crippen molar-refractivity contribution in [3.05, 3.63) is 205 Å². The molecule has 11 aromatic rings. The third-order valence-electron chi connectivity index (χ3n) is 12.6. The zero-order valence-corrected chi connectivity index (χ0v) is 34.8. The molecule has 0 spiro atoms. The van der Waals surface area contributed by atoms with Gasteiger partial charge in [0.05, 0.1) is 34.4 Å². The summed E-state index contributed by atoms with van der Waals surface area (Å²) in [4.78, 5) is 16.0. The maximum atomic E-state index is 6.79. The standard InChI is InChI=1S/C57H37N5S/c58-55-51(62-63)29-28-47-54(55)46-22-9-10-23-50(46)59-56(47)35-26-24-34(25-27-35)36-14-11-15-39(30-36)52-33-53(48-31-37-12-1-3-16-40(37)42-18-5-7-20-44(42)48)61-57(60-52)49-32-38-13-2-4-17-41(38)43-19-6-8-21-45(43)49/h1-33,55,63H,58H2. The number of thiol groups is 1. The number of hydrogen-bond donors (Lipinski definition) is 2. The lowest BCUT2D eigenvalue weighted by Gasteiger charge is -2.23. The van der Waals surface area contributed by atoms with Crippen molar-refractivity contribution in [1.82, 2.24) is 15.0 Å². The molecule has 296 valence electrons. The first kappa shape index (κ1) is 37.0. The van der Waals surface area contributed by atoms with Crippen LogP contribution < -0.4 is 5.73 Å². The van der Waals surface area contributed by atoms with Crippen LogP contribution >= 0.6 is 12.8 Å². The summed E-state index contributed by atoms with van der Waals surface area (Å²) in [6.45, 7) is 0. The minimum absolute atomic E-state index is 0.404. The highest BCUT2D eigenvalue weighted by atomic mass is 32.1. The monoisotopic (exact) mass is 823 g/mol. The zero-order valence-electron chi connectivity index (χ0n) is 33.9. The molecule has 0 saturated carbocycles. The van der Waals surface area contributed by atoms with E-state index in [1.807, 2.05) is 24.3 Å². The average Bonchev–Trinajstić information content (AvgIpc) is 3.35. The molecule has 0 saturated heterocycles. The topological polar surface area (TPSA) is 77.0 Å². The van der Waals surface area contributed by atoms with Crippen LogP contribution in [-0.2, 0) is 0 Å². The third-order valence-corrected chi connectivity index (χ3v) is 12.8. The van der Waals surface area contributed by atoms with Crippen molar-refractivity contribution < 1.29 is 0 Å². The average molecular weight is 824 g/mol. The Morgan fingerprint density at radius 3 is 1.68 bits per heavy atom. The molecule has 1 atom stereocenters. The lowest BCUT2D eigenvalue weighted by molar-refractivity contribution is 0.968. The molecule has 0 radical (unpaired) electrons. The molecule has 9 aromatic carbocycles. The Labute approximate surface area is 369 Å². The van der Waals surface area contributed by atoms with Crippen LogP contribution in [-0.4, -0.2) is 20.7 Å². The van der Waals surface area contributed by atoms with Gasteiger partial charge < -0.3 is 5.73 Å².